The van der Waals surface area contributed by atoms with Gasteiger partial charge in [-0.15, -0.1) is 0 Å². The van der Waals surface area contributed by atoms with Crippen LogP contribution < -0.4 is 5.43 Å². The minimum absolute atomic E-state index is 0.0934. The predicted molar refractivity (Wildman–Crippen MR) is 138 cm³/mol. The van der Waals surface area contributed by atoms with Crippen molar-refractivity contribution < 1.29 is 9.21 Å². The molecule has 2 aromatic carbocycles. The second-order valence-electron chi connectivity index (χ2n) is 9.46. The molecular weight excluding hydrogens is 424 g/mol. The van der Waals surface area contributed by atoms with Crippen molar-refractivity contribution in [3.63, 3.8) is 0 Å². The molecule has 0 N–H and O–H groups in total. The molecule has 0 spiro atoms. The lowest BCUT2D eigenvalue weighted by Gasteiger charge is -2.27. The molecule has 4 rings (SSSR count). The van der Waals surface area contributed by atoms with Gasteiger partial charge < -0.3 is 14.2 Å². The topological polar surface area (TPSA) is 53.8 Å². The first kappa shape index (κ1) is 24.2. The highest BCUT2D eigenvalue weighted by Gasteiger charge is 2.42. The number of rotatable bonds is 9. The monoisotopic (exact) mass is 460 g/mol. The summed E-state index contributed by atoms with van der Waals surface area (Å²) in [6, 6.07) is 13.6. The lowest BCUT2D eigenvalue weighted by Crippen LogP contribution is -2.33. The molecule has 0 bridgehead atoms. The van der Waals surface area contributed by atoms with E-state index in [9.17, 15) is 9.59 Å². The zero-order chi connectivity index (χ0) is 24.4. The first-order valence-corrected chi connectivity index (χ1v) is 12.6. The van der Waals surface area contributed by atoms with Gasteiger partial charge in [0.25, 0.3) is 5.91 Å². The van der Waals surface area contributed by atoms with Crippen LogP contribution in [0.3, 0.4) is 0 Å². The van der Waals surface area contributed by atoms with Gasteiger partial charge in [0.15, 0.2) is 5.43 Å². The van der Waals surface area contributed by atoms with Crippen molar-refractivity contribution in [1.29, 1.82) is 0 Å². The van der Waals surface area contributed by atoms with Gasteiger partial charge in [0.05, 0.1) is 17.0 Å². The number of aryl methyl sites for hydroxylation is 1. The van der Waals surface area contributed by atoms with Gasteiger partial charge in [-0.05, 0) is 67.2 Å². The quantitative estimate of drug-likeness (QED) is 0.408. The van der Waals surface area contributed by atoms with E-state index >= 15 is 0 Å². The Morgan fingerprint density at radius 1 is 1.00 bits per heavy atom. The summed E-state index contributed by atoms with van der Waals surface area (Å²) in [5.41, 5.74) is 4.14. The average Bonchev–Trinajstić information content (AvgIpc) is 3.13. The normalized spacial score (nSPS) is 15.7. The predicted octanol–water partition coefficient (Wildman–Crippen LogP) is 5.76. The van der Waals surface area contributed by atoms with Crippen molar-refractivity contribution in [2.24, 2.45) is 0 Å². The fraction of sp³-hybridized carbons (Fsp3) is 0.448. The Kier molecular flexibility index (Phi) is 7.22. The van der Waals surface area contributed by atoms with Crippen LogP contribution in [0.5, 0.6) is 0 Å². The lowest BCUT2D eigenvalue weighted by molar-refractivity contribution is 0.0720. The molecule has 0 aliphatic carbocycles. The van der Waals surface area contributed by atoms with Gasteiger partial charge in [-0.25, -0.2) is 0 Å². The summed E-state index contributed by atoms with van der Waals surface area (Å²) in [4.78, 5) is 31.5. The third kappa shape index (κ3) is 4.41. The summed E-state index contributed by atoms with van der Waals surface area (Å²) in [7, 11) is 0. The second-order valence-corrected chi connectivity index (χ2v) is 9.46. The molecular formula is C29H36N2O3. The van der Waals surface area contributed by atoms with E-state index < -0.39 is 6.04 Å². The summed E-state index contributed by atoms with van der Waals surface area (Å²) in [6.45, 7) is 14.1. The molecule has 1 unspecified atom stereocenters. The zero-order valence-electron chi connectivity index (χ0n) is 21.1. The van der Waals surface area contributed by atoms with E-state index in [4.69, 9.17) is 4.42 Å². The highest BCUT2D eigenvalue weighted by Crippen LogP contribution is 2.38. The molecule has 5 nitrogen and oxygen atoms in total. The Labute approximate surface area is 202 Å². The molecule has 1 atom stereocenters. The number of carbonyl (C=O) groups is 1. The number of amides is 1. The summed E-state index contributed by atoms with van der Waals surface area (Å²) in [6.07, 6.45) is 1.68. The summed E-state index contributed by atoms with van der Waals surface area (Å²) in [5.74, 6) is 0.423. The van der Waals surface area contributed by atoms with Crippen molar-refractivity contribution in [1.82, 2.24) is 9.80 Å². The van der Waals surface area contributed by atoms with Crippen LogP contribution in [-0.4, -0.2) is 41.9 Å². The number of nitrogens with zero attached hydrogens (tertiary/aromatic N) is 2. The van der Waals surface area contributed by atoms with E-state index in [2.05, 4.69) is 63.8 Å². The van der Waals surface area contributed by atoms with Crippen molar-refractivity contribution >= 4 is 16.9 Å². The minimum atomic E-state index is -0.425. The van der Waals surface area contributed by atoms with Crippen molar-refractivity contribution in [2.45, 2.75) is 59.4 Å². The Morgan fingerprint density at radius 3 is 2.32 bits per heavy atom. The fourth-order valence-electron chi connectivity index (χ4n) is 4.93. The number of carbonyl (C=O) groups excluding carboxylic acids is 1. The Hall–Kier alpha value is -2.92. The van der Waals surface area contributed by atoms with Gasteiger partial charge in [0.1, 0.15) is 5.58 Å². The molecule has 0 radical (unpaired) electrons. The van der Waals surface area contributed by atoms with Crippen LogP contribution in [0.25, 0.3) is 11.0 Å². The molecule has 34 heavy (non-hydrogen) atoms. The third-order valence-corrected chi connectivity index (χ3v) is 7.12. The van der Waals surface area contributed by atoms with Gasteiger partial charge in [0.2, 0.25) is 5.76 Å². The van der Waals surface area contributed by atoms with Crippen LogP contribution >= 0.6 is 0 Å². The standard InChI is InChI=1S/C29H36N2O3/c1-6-20-10-15-24-23(18-20)27(32)25-26(22-13-11-21(12-14-22)19(4)5)31(29(33)28(25)34-24)17-9-16-30(7-2)8-3/h10-15,18-19,26H,6-9,16-17H2,1-5H3. The molecule has 1 aliphatic heterocycles. The van der Waals surface area contributed by atoms with Crippen LogP contribution in [0.15, 0.2) is 51.7 Å². The van der Waals surface area contributed by atoms with Crippen LogP contribution in [0, 0.1) is 0 Å². The summed E-state index contributed by atoms with van der Waals surface area (Å²) in [5, 5.41) is 0.555. The first-order valence-electron chi connectivity index (χ1n) is 12.6. The van der Waals surface area contributed by atoms with E-state index in [0.717, 1.165) is 43.6 Å². The summed E-state index contributed by atoms with van der Waals surface area (Å²) >= 11 is 0. The Morgan fingerprint density at radius 2 is 1.71 bits per heavy atom. The first-order chi connectivity index (χ1) is 16.4. The number of hydrogen-bond donors (Lipinski definition) is 0. The number of benzene rings is 2. The summed E-state index contributed by atoms with van der Waals surface area (Å²) < 4.78 is 6.11. The average molecular weight is 461 g/mol. The number of hydrogen-bond acceptors (Lipinski definition) is 4. The molecule has 180 valence electrons. The molecule has 0 fully saturated rings. The van der Waals surface area contributed by atoms with Crippen LogP contribution in [0.4, 0.5) is 0 Å². The van der Waals surface area contributed by atoms with Gasteiger partial charge >= 0.3 is 0 Å². The van der Waals surface area contributed by atoms with Crippen LogP contribution in [-0.2, 0) is 6.42 Å². The lowest BCUT2D eigenvalue weighted by atomic mass is 9.95. The van der Waals surface area contributed by atoms with Gasteiger partial charge in [-0.3, -0.25) is 9.59 Å². The smallest absolute Gasteiger partial charge is 0.290 e. The van der Waals surface area contributed by atoms with Gasteiger partial charge in [-0.1, -0.05) is 65.0 Å². The Balaban J connectivity index is 1.80. The van der Waals surface area contributed by atoms with E-state index in [1.165, 1.54) is 5.56 Å². The van der Waals surface area contributed by atoms with Crippen LogP contribution in [0.2, 0.25) is 0 Å². The van der Waals surface area contributed by atoms with E-state index in [0.29, 0.717) is 29.0 Å². The highest BCUT2D eigenvalue weighted by molar-refractivity contribution is 5.99. The molecule has 5 heteroatoms. The van der Waals surface area contributed by atoms with E-state index in [-0.39, 0.29) is 17.1 Å². The fourth-order valence-corrected chi connectivity index (χ4v) is 4.93. The maximum atomic E-state index is 13.8. The molecule has 1 aliphatic rings. The molecule has 0 saturated carbocycles. The van der Waals surface area contributed by atoms with Crippen molar-refractivity contribution in [2.75, 3.05) is 26.2 Å². The molecule has 1 aromatic heterocycles. The zero-order valence-corrected chi connectivity index (χ0v) is 21.1. The van der Waals surface area contributed by atoms with Crippen molar-refractivity contribution in [3.8, 4) is 0 Å². The third-order valence-electron chi connectivity index (χ3n) is 7.12. The van der Waals surface area contributed by atoms with Gasteiger partial charge in [-0.2, -0.15) is 0 Å². The van der Waals surface area contributed by atoms with E-state index in [1.54, 1.807) is 0 Å². The highest BCUT2D eigenvalue weighted by atomic mass is 16.3. The second kappa shape index (κ2) is 10.1. The molecule has 2 heterocycles. The number of fused-ring (bicyclic) bond motifs is 2. The SMILES string of the molecule is CCc1ccc2oc3c(c(=O)c2c1)C(c1ccc(C(C)C)cc1)N(CCCN(CC)CC)C3=O. The molecule has 1 amide bonds. The van der Waals surface area contributed by atoms with Gasteiger partial charge in [0, 0.05) is 6.54 Å². The largest absolute Gasteiger partial charge is 0.450 e. The minimum Gasteiger partial charge on any atom is -0.450 e. The van der Waals surface area contributed by atoms with Crippen molar-refractivity contribution in [3.05, 3.63) is 80.7 Å². The van der Waals surface area contributed by atoms with E-state index in [1.807, 2.05) is 23.1 Å². The maximum Gasteiger partial charge on any atom is 0.290 e. The maximum absolute atomic E-state index is 13.8. The Bertz CT molecular complexity index is 1220. The van der Waals surface area contributed by atoms with Crippen LogP contribution in [0.1, 0.15) is 85.8 Å². The molecule has 3 aromatic rings. The molecule has 0 saturated heterocycles.